The Morgan fingerprint density at radius 3 is 2.60 bits per heavy atom. The van der Waals surface area contributed by atoms with Crippen LogP contribution in [0.5, 0.6) is 0 Å². The van der Waals surface area contributed by atoms with Crippen molar-refractivity contribution in [2.75, 3.05) is 26.0 Å². The van der Waals surface area contributed by atoms with E-state index >= 15 is 0 Å². The summed E-state index contributed by atoms with van der Waals surface area (Å²) in [6, 6.07) is 6.77. The van der Waals surface area contributed by atoms with Crippen LogP contribution in [-0.2, 0) is 16.6 Å². The van der Waals surface area contributed by atoms with E-state index in [0.29, 0.717) is 5.69 Å². The molecule has 0 aliphatic rings. The minimum absolute atomic E-state index is 0. The van der Waals surface area contributed by atoms with E-state index < -0.39 is 6.04 Å². The number of benzene rings is 1. The fourth-order valence-electron chi connectivity index (χ4n) is 2.29. The second-order valence-electron chi connectivity index (χ2n) is 5.39. The lowest BCUT2D eigenvalue weighted by Crippen LogP contribution is -2.41. The predicted octanol–water partition coefficient (Wildman–Crippen LogP) is 1.96. The summed E-state index contributed by atoms with van der Waals surface area (Å²) >= 11 is 3.37. The average molecular weight is 431 g/mol. The average Bonchev–Trinajstić information content (AvgIpc) is 2.96. The summed E-state index contributed by atoms with van der Waals surface area (Å²) in [5, 5.41) is 9.82. The molecule has 1 unspecified atom stereocenters. The number of aryl methyl sites for hydroxylation is 1. The van der Waals surface area contributed by atoms with E-state index in [9.17, 15) is 9.59 Å². The fourth-order valence-corrected chi connectivity index (χ4v) is 2.67. The Bertz CT molecular complexity index is 737. The van der Waals surface area contributed by atoms with Gasteiger partial charge in [-0.2, -0.15) is 5.10 Å². The maximum absolute atomic E-state index is 12.6. The van der Waals surface area contributed by atoms with E-state index in [0.717, 1.165) is 10.0 Å². The van der Waals surface area contributed by atoms with Crippen molar-refractivity contribution in [2.45, 2.75) is 6.04 Å². The largest absolute Gasteiger partial charge is 0.335 e. The van der Waals surface area contributed by atoms with Gasteiger partial charge in [0.2, 0.25) is 11.8 Å². The number of nitrogens with one attached hydrogen (secondary N) is 2. The topological polar surface area (TPSA) is 79.3 Å². The van der Waals surface area contributed by atoms with Crippen LogP contribution in [0.25, 0.3) is 0 Å². The third kappa shape index (κ3) is 5.55. The summed E-state index contributed by atoms with van der Waals surface area (Å²) in [6.07, 6.45) is 3.40. The molecule has 0 aliphatic heterocycles. The molecule has 7 nitrogen and oxygen atoms in total. The Hall–Kier alpha value is -1.90. The highest BCUT2D eigenvalue weighted by molar-refractivity contribution is 9.10. The summed E-state index contributed by atoms with van der Waals surface area (Å²) < 4.78 is 2.42. The summed E-state index contributed by atoms with van der Waals surface area (Å²) in [4.78, 5) is 26.1. The van der Waals surface area contributed by atoms with Gasteiger partial charge in [0, 0.05) is 30.3 Å². The van der Waals surface area contributed by atoms with Crippen LogP contribution in [0.2, 0.25) is 0 Å². The minimum atomic E-state index is -0.542. The van der Waals surface area contributed by atoms with Gasteiger partial charge in [-0.3, -0.25) is 14.3 Å². The molecule has 0 saturated heterocycles. The standard InChI is InChI=1S/C16H20BrN5O2.ClH/c1-18-15(11-8-19-22(3)9-11)16(24)21(2)10-14(23)20-13-7-5-4-6-12(13)17;/h4-9,15,18H,10H2,1-3H3,(H,20,23);1H. The Labute approximate surface area is 161 Å². The van der Waals surface area contributed by atoms with Crippen molar-refractivity contribution < 1.29 is 9.59 Å². The van der Waals surface area contributed by atoms with Gasteiger partial charge in [0.25, 0.3) is 0 Å². The molecular formula is C16H21BrClN5O2. The third-order valence-electron chi connectivity index (χ3n) is 3.50. The smallest absolute Gasteiger partial charge is 0.244 e. The molecule has 1 aromatic heterocycles. The lowest BCUT2D eigenvalue weighted by Gasteiger charge is -2.22. The van der Waals surface area contributed by atoms with Gasteiger partial charge in [-0.05, 0) is 35.1 Å². The zero-order valence-corrected chi connectivity index (χ0v) is 16.6. The molecule has 25 heavy (non-hydrogen) atoms. The SMILES string of the molecule is CNC(C(=O)N(C)CC(=O)Nc1ccccc1Br)c1cnn(C)c1.Cl. The molecule has 0 bridgehead atoms. The number of likely N-dealkylation sites (N-methyl/N-ethyl adjacent to an activating group) is 2. The number of hydrogen-bond acceptors (Lipinski definition) is 4. The van der Waals surface area contributed by atoms with Crippen molar-refractivity contribution in [1.29, 1.82) is 0 Å². The van der Waals surface area contributed by atoms with Crippen LogP contribution in [0.15, 0.2) is 41.1 Å². The van der Waals surface area contributed by atoms with E-state index in [1.54, 1.807) is 44.3 Å². The van der Waals surface area contributed by atoms with Crippen LogP contribution in [0.4, 0.5) is 5.69 Å². The first-order valence-electron chi connectivity index (χ1n) is 7.37. The summed E-state index contributed by atoms with van der Waals surface area (Å²) in [5.74, 6) is -0.466. The molecule has 1 atom stereocenters. The normalized spacial score (nSPS) is 11.4. The zero-order chi connectivity index (χ0) is 17.7. The van der Waals surface area contributed by atoms with Crippen LogP contribution in [0, 0.1) is 0 Å². The lowest BCUT2D eigenvalue weighted by atomic mass is 10.1. The molecule has 0 spiro atoms. The van der Waals surface area contributed by atoms with Crippen molar-refractivity contribution in [3.05, 3.63) is 46.7 Å². The second kappa shape index (κ2) is 9.55. The Balaban J connectivity index is 0.00000312. The highest BCUT2D eigenvalue weighted by atomic mass is 79.9. The summed E-state index contributed by atoms with van der Waals surface area (Å²) in [5.41, 5.74) is 1.42. The molecule has 2 amide bonds. The van der Waals surface area contributed by atoms with Gasteiger partial charge in [-0.25, -0.2) is 0 Å². The monoisotopic (exact) mass is 429 g/mol. The predicted molar refractivity (Wildman–Crippen MR) is 103 cm³/mol. The van der Waals surface area contributed by atoms with Crippen molar-refractivity contribution in [2.24, 2.45) is 7.05 Å². The second-order valence-corrected chi connectivity index (χ2v) is 6.25. The molecular weight excluding hydrogens is 410 g/mol. The van der Waals surface area contributed by atoms with Crippen LogP contribution in [-0.4, -0.2) is 47.1 Å². The number of rotatable bonds is 6. The van der Waals surface area contributed by atoms with Gasteiger partial charge in [-0.1, -0.05) is 12.1 Å². The van der Waals surface area contributed by atoms with E-state index in [2.05, 4.69) is 31.7 Å². The highest BCUT2D eigenvalue weighted by Gasteiger charge is 2.24. The molecule has 2 aromatic rings. The highest BCUT2D eigenvalue weighted by Crippen LogP contribution is 2.21. The molecule has 0 aliphatic carbocycles. The van der Waals surface area contributed by atoms with Crippen molar-refractivity contribution in [3.63, 3.8) is 0 Å². The Morgan fingerprint density at radius 2 is 2.04 bits per heavy atom. The van der Waals surface area contributed by atoms with Gasteiger partial charge in [0.05, 0.1) is 18.4 Å². The first-order valence-corrected chi connectivity index (χ1v) is 8.17. The van der Waals surface area contributed by atoms with E-state index in [4.69, 9.17) is 0 Å². The molecule has 1 heterocycles. The summed E-state index contributed by atoms with van der Waals surface area (Å²) in [6.45, 7) is -0.0430. The molecule has 136 valence electrons. The Kier molecular flexibility index (Phi) is 8.08. The zero-order valence-electron chi connectivity index (χ0n) is 14.2. The molecule has 0 radical (unpaired) electrons. The van der Waals surface area contributed by atoms with E-state index in [1.165, 1.54) is 4.90 Å². The van der Waals surface area contributed by atoms with Crippen LogP contribution in [0.1, 0.15) is 11.6 Å². The number of amides is 2. The van der Waals surface area contributed by atoms with Gasteiger partial charge in [0.15, 0.2) is 0 Å². The minimum Gasteiger partial charge on any atom is -0.335 e. The summed E-state index contributed by atoms with van der Waals surface area (Å²) in [7, 11) is 5.09. The number of hydrogen-bond donors (Lipinski definition) is 2. The van der Waals surface area contributed by atoms with Gasteiger partial charge >= 0.3 is 0 Å². The van der Waals surface area contributed by atoms with Gasteiger partial charge in [-0.15, -0.1) is 12.4 Å². The molecule has 2 rings (SSSR count). The Morgan fingerprint density at radius 1 is 1.36 bits per heavy atom. The van der Waals surface area contributed by atoms with E-state index in [-0.39, 0.29) is 30.8 Å². The van der Waals surface area contributed by atoms with Gasteiger partial charge in [0.1, 0.15) is 6.04 Å². The first kappa shape index (κ1) is 21.1. The van der Waals surface area contributed by atoms with Gasteiger partial charge < -0.3 is 15.5 Å². The molecule has 0 saturated carbocycles. The number of anilines is 1. The number of carbonyl (C=O) groups excluding carboxylic acids is 2. The number of carbonyl (C=O) groups is 2. The number of para-hydroxylation sites is 1. The van der Waals surface area contributed by atoms with Crippen LogP contribution in [0.3, 0.4) is 0 Å². The molecule has 0 fully saturated rings. The molecule has 2 N–H and O–H groups in total. The third-order valence-corrected chi connectivity index (χ3v) is 4.19. The van der Waals surface area contributed by atoms with E-state index in [1.807, 2.05) is 18.2 Å². The first-order chi connectivity index (χ1) is 11.4. The number of aromatic nitrogens is 2. The number of halogens is 2. The molecule has 9 heteroatoms. The quantitative estimate of drug-likeness (QED) is 0.734. The lowest BCUT2D eigenvalue weighted by molar-refractivity contribution is -0.135. The van der Waals surface area contributed by atoms with Crippen LogP contribution >= 0.6 is 28.3 Å². The van der Waals surface area contributed by atoms with Crippen molar-refractivity contribution in [1.82, 2.24) is 20.0 Å². The maximum atomic E-state index is 12.6. The molecule has 1 aromatic carbocycles. The fraction of sp³-hybridized carbons (Fsp3) is 0.312. The number of nitrogens with zero attached hydrogens (tertiary/aromatic N) is 3. The van der Waals surface area contributed by atoms with Crippen molar-refractivity contribution in [3.8, 4) is 0 Å². The van der Waals surface area contributed by atoms with Crippen LogP contribution < -0.4 is 10.6 Å². The maximum Gasteiger partial charge on any atom is 0.244 e. The van der Waals surface area contributed by atoms with Crippen molar-refractivity contribution >= 4 is 45.8 Å².